The Hall–Kier alpha value is -3.24. The van der Waals surface area contributed by atoms with Crippen molar-refractivity contribution in [1.82, 2.24) is 25.1 Å². The lowest BCUT2D eigenvalue weighted by molar-refractivity contribution is -0.126. The van der Waals surface area contributed by atoms with Crippen LogP contribution in [-0.4, -0.2) is 47.6 Å². The molecule has 2 aromatic heterocycles. The Balaban J connectivity index is 1.32. The number of nitrogens with zero attached hydrogens (tertiary/aromatic N) is 2. The van der Waals surface area contributed by atoms with Crippen LogP contribution in [0.4, 0.5) is 0 Å². The van der Waals surface area contributed by atoms with Gasteiger partial charge in [-0.15, -0.1) is 0 Å². The molecule has 3 heterocycles. The number of aromatic amines is 1. The van der Waals surface area contributed by atoms with Crippen LogP contribution < -0.4 is 10.9 Å². The third kappa shape index (κ3) is 3.91. The number of aromatic nitrogens is 2. The normalized spacial score (nSPS) is 15.7. The van der Waals surface area contributed by atoms with Crippen LogP contribution in [0.25, 0.3) is 10.9 Å². The van der Waals surface area contributed by atoms with E-state index < -0.39 is 15.9 Å². The molecule has 0 saturated carbocycles. The van der Waals surface area contributed by atoms with Gasteiger partial charge in [-0.3, -0.25) is 25.4 Å². The van der Waals surface area contributed by atoms with Crippen molar-refractivity contribution in [1.29, 1.82) is 0 Å². The molecule has 3 N–H and O–H groups in total. The number of carbonyl (C=O) groups is 2. The van der Waals surface area contributed by atoms with Crippen molar-refractivity contribution in [3.63, 3.8) is 0 Å². The fraction of sp³-hybridized carbons (Fsp3) is 0.250. The van der Waals surface area contributed by atoms with Gasteiger partial charge in [0.15, 0.2) is 0 Å². The van der Waals surface area contributed by atoms with Crippen molar-refractivity contribution >= 4 is 32.7 Å². The zero-order chi connectivity index (χ0) is 21.1. The molecule has 1 saturated heterocycles. The second kappa shape index (κ2) is 8.25. The Morgan fingerprint density at radius 3 is 2.57 bits per heavy atom. The monoisotopic (exact) mass is 427 g/mol. The molecule has 1 aliphatic rings. The van der Waals surface area contributed by atoms with Gasteiger partial charge in [0.05, 0.1) is 5.56 Å². The van der Waals surface area contributed by atoms with E-state index in [9.17, 15) is 18.0 Å². The summed E-state index contributed by atoms with van der Waals surface area (Å²) in [6.07, 6.45) is 5.16. The topological polar surface area (TPSA) is 124 Å². The van der Waals surface area contributed by atoms with E-state index in [2.05, 4.69) is 20.8 Å². The number of amides is 2. The Morgan fingerprint density at radius 2 is 1.83 bits per heavy atom. The molecular weight excluding hydrogens is 406 g/mol. The number of nitrogens with one attached hydrogen (secondary N) is 3. The van der Waals surface area contributed by atoms with Gasteiger partial charge in [-0.25, -0.2) is 8.42 Å². The lowest BCUT2D eigenvalue weighted by Crippen LogP contribution is -2.48. The molecule has 0 aliphatic carbocycles. The van der Waals surface area contributed by atoms with Crippen molar-refractivity contribution in [2.45, 2.75) is 17.7 Å². The lowest BCUT2D eigenvalue weighted by Gasteiger charge is -2.30. The number of para-hydroxylation sites is 1. The zero-order valence-electron chi connectivity index (χ0n) is 16.0. The highest BCUT2D eigenvalue weighted by Crippen LogP contribution is 2.23. The van der Waals surface area contributed by atoms with Crippen molar-refractivity contribution in [2.75, 3.05) is 13.1 Å². The number of piperidine rings is 1. The molecule has 1 aromatic carbocycles. The Kier molecular flexibility index (Phi) is 5.51. The number of H-pyrrole nitrogens is 1. The van der Waals surface area contributed by atoms with Gasteiger partial charge in [-0.05, 0) is 31.0 Å². The van der Waals surface area contributed by atoms with Crippen LogP contribution in [0.15, 0.2) is 59.9 Å². The van der Waals surface area contributed by atoms with Crippen molar-refractivity contribution < 1.29 is 18.0 Å². The Bertz CT molecular complexity index is 1170. The van der Waals surface area contributed by atoms with Gasteiger partial charge in [0.1, 0.15) is 4.90 Å². The molecule has 1 aliphatic heterocycles. The predicted octanol–water partition coefficient (Wildman–Crippen LogP) is 1.42. The first-order valence-electron chi connectivity index (χ1n) is 9.53. The fourth-order valence-electron chi connectivity index (χ4n) is 3.55. The quantitative estimate of drug-likeness (QED) is 0.543. The molecular formula is C20H21N5O4S. The fourth-order valence-corrected chi connectivity index (χ4v) is 4.99. The van der Waals surface area contributed by atoms with Crippen molar-refractivity contribution in [3.8, 4) is 0 Å². The first-order chi connectivity index (χ1) is 14.5. The van der Waals surface area contributed by atoms with Gasteiger partial charge < -0.3 is 4.98 Å². The Labute approximate surface area is 173 Å². The van der Waals surface area contributed by atoms with Crippen molar-refractivity contribution in [3.05, 3.63) is 60.6 Å². The molecule has 0 atom stereocenters. The highest BCUT2D eigenvalue weighted by Gasteiger charge is 2.32. The van der Waals surface area contributed by atoms with E-state index in [1.54, 1.807) is 12.3 Å². The summed E-state index contributed by atoms with van der Waals surface area (Å²) >= 11 is 0. The number of sulfonamides is 1. The summed E-state index contributed by atoms with van der Waals surface area (Å²) in [5.41, 5.74) is 6.17. The molecule has 9 nitrogen and oxygen atoms in total. The molecule has 0 spiro atoms. The number of hydrogen-bond acceptors (Lipinski definition) is 5. The second-order valence-electron chi connectivity index (χ2n) is 7.06. The van der Waals surface area contributed by atoms with Gasteiger partial charge >= 0.3 is 0 Å². The standard InChI is InChI=1S/C20H21N5O4S/c26-19(23-24-20(27)17-13-22-18-6-2-1-5-16(17)18)14-7-10-25(11-8-14)30(28,29)15-4-3-9-21-12-15/h1-6,9,12-14,22H,7-8,10-11H2,(H,23,26)(H,24,27). The number of carbonyl (C=O) groups excluding carboxylic acids is 2. The number of fused-ring (bicyclic) bond motifs is 1. The second-order valence-corrected chi connectivity index (χ2v) is 9.00. The molecule has 10 heteroatoms. The lowest BCUT2D eigenvalue weighted by atomic mass is 9.98. The number of benzene rings is 1. The maximum Gasteiger partial charge on any atom is 0.271 e. The number of pyridine rings is 1. The number of rotatable bonds is 4. The summed E-state index contributed by atoms with van der Waals surface area (Å²) in [5.74, 6) is -1.13. The average molecular weight is 427 g/mol. The highest BCUT2D eigenvalue weighted by atomic mass is 32.2. The molecule has 2 amide bonds. The average Bonchev–Trinajstić information content (AvgIpc) is 3.22. The zero-order valence-corrected chi connectivity index (χ0v) is 16.9. The maximum atomic E-state index is 12.6. The van der Waals surface area contributed by atoms with E-state index in [0.717, 1.165) is 10.9 Å². The van der Waals surface area contributed by atoms with E-state index in [1.165, 1.54) is 22.8 Å². The van der Waals surface area contributed by atoms with Gasteiger partial charge in [0.25, 0.3) is 5.91 Å². The molecule has 3 aromatic rings. The minimum atomic E-state index is -3.62. The minimum absolute atomic E-state index is 0.138. The van der Waals surface area contributed by atoms with Crippen LogP contribution in [0.2, 0.25) is 0 Å². The third-order valence-electron chi connectivity index (χ3n) is 5.23. The summed E-state index contributed by atoms with van der Waals surface area (Å²) in [4.78, 5) is 31.9. The Morgan fingerprint density at radius 1 is 1.07 bits per heavy atom. The largest absolute Gasteiger partial charge is 0.360 e. The predicted molar refractivity (Wildman–Crippen MR) is 110 cm³/mol. The summed E-state index contributed by atoms with van der Waals surface area (Å²) < 4.78 is 26.6. The van der Waals surface area contributed by atoms with E-state index in [-0.39, 0.29) is 29.8 Å². The number of hydrazine groups is 1. The van der Waals surface area contributed by atoms with E-state index >= 15 is 0 Å². The van der Waals surface area contributed by atoms with Crippen LogP contribution in [0.3, 0.4) is 0 Å². The smallest absolute Gasteiger partial charge is 0.271 e. The molecule has 30 heavy (non-hydrogen) atoms. The van der Waals surface area contributed by atoms with E-state index in [0.29, 0.717) is 18.4 Å². The van der Waals surface area contributed by atoms with Crippen LogP contribution in [0.1, 0.15) is 23.2 Å². The van der Waals surface area contributed by atoms with Crippen LogP contribution in [-0.2, 0) is 14.8 Å². The van der Waals surface area contributed by atoms with E-state index in [1.807, 2.05) is 24.3 Å². The first-order valence-corrected chi connectivity index (χ1v) is 11.0. The van der Waals surface area contributed by atoms with Crippen molar-refractivity contribution in [2.24, 2.45) is 5.92 Å². The van der Waals surface area contributed by atoms with Gasteiger partial charge in [-0.2, -0.15) is 4.31 Å². The minimum Gasteiger partial charge on any atom is -0.360 e. The van der Waals surface area contributed by atoms with Gasteiger partial charge in [0.2, 0.25) is 15.9 Å². The van der Waals surface area contributed by atoms with Crippen LogP contribution >= 0.6 is 0 Å². The summed E-state index contributed by atoms with van der Waals surface area (Å²) in [6.45, 7) is 0.456. The van der Waals surface area contributed by atoms with Gasteiger partial charge in [0, 0.05) is 48.5 Å². The van der Waals surface area contributed by atoms with Crippen LogP contribution in [0, 0.1) is 5.92 Å². The van der Waals surface area contributed by atoms with E-state index in [4.69, 9.17) is 0 Å². The summed E-state index contributed by atoms with van der Waals surface area (Å²) in [5, 5.41) is 0.762. The SMILES string of the molecule is O=C(NNC(=O)C1CCN(S(=O)(=O)c2cccnc2)CC1)c1c[nH]c2ccccc12. The summed E-state index contributed by atoms with van der Waals surface area (Å²) in [7, 11) is -3.62. The molecule has 0 radical (unpaired) electrons. The first kappa shape index (κ1) is 20.0. The molecule has 0 bridgehead atoms. The summed E-state index contributed by atoms with van der Waals surface area (Å²) in [6, 6.07) is 10.5. The highest BCUT2D eigenvalue weighted by molar-refractivity contribution is 7.89. The molecule has 0 unspecified atom stereocenters. The molecule has 156 valence electrons. The molecule has 4 rings (SSSR count). The number of hydrogen-bond donors (Lipinski definition) is 3. The molecule has 1 fully saturated rings. The third-order valence-corrected chi connectivity index (χ3v) is 7.11. The van der Waals surface area contributed by atoms with Crippen LogP contribution in [0.5, 0.6) is 0 Å². The van der Waals surface area contributed by atoms with Gasteiger partial charge in [-0.1, -0.05) is 18.2 Å². The maximum absolute atomic E-state index is 12.6.